The van der Waals surface area contributed by atoms with Gasteiger partial charge in [-0.2, -0.15) is 13.2 Å². The number of hydrogen-bond donors (Lipinski definition) is 2. The van der Waals surface area contributed by atoms with E-state index in [0.717, 1.165) is 16.6 Å². The van der Waals surface area contributed by atoms with Gasteiger partial charge in [-0.25, -0.2) is 9.78 Å². The van der Waals surface area contributed by atoms with E-state index in [9.17, 15) is 18.0 Å². The Balaban J connectivity index is 0.000000383. The monoisotopic (exact) mass is 457 g/mol. The molecule has 10 heteroatoms. The number of nitrogens with one attached hydrogen (secondary N) is 1. The number of halogens is 3. The predicted molar refractivity (Wildman–Crippen MR) is 113 cm³/mol. The number of benzene rings is 1. The van der Waals surface area contributed by atoms with E-state index in [1.165, 1.54) is 0 Å². The molecule has 0 unspecified atom stereocenters. The lowest BCUT2D eigenvalue weighted by molar-refractivity contribution is -0.192. The quantitative estimate of drug-likeness (QED) is 0.457. The van der Waals surface area contributed by atoms with E-state index in [1.807, 2.05) is 48.5 Å². The smallest absolute Gasteiger partial charge is 0.475 e. The van der Waals surface area contributed by atoms with Gasteiger partial charge in [0.25, 0.3) is 5.91 Å². The van der Waals surface area contributed by atoms with Crippen LogP contribution in [0.15, 0.2) is 77.5 Å². The normalized spacial score (nSPS) is 10.9. The number of alkyl halides is 3. The van der Waals surface area contributed by atoms with Crippen molar-refractivity contribution in [1.29, 1.82) is 0 Å². The van der Waals surface area contributed by atoms with Gasteiger partial charge in [0, 0.05) is 30.2 Å². The second-order valence-electron chi connectivity index (χ2n) is 6.68. The van der Waals surface area contributed by atoms with Crippen molar-refractivity contribution in [2.24, 2.45) is 0 Å². The molecule has 0 atom stereocenters. The van der Waals surface area contributed by atoms with Crippen molar-refractivity contribution < 1.29 is 32.3 Å². The molecule has 0 saturated heterocycles. The average Bonchev–Trinajstić information content (AvgIpc) is 3.34. The lowest BCUT2D eigenvalue weighted by atomic mass is 10.1. The van der Waals surface area contributed by atoms with E-state index in [1.54, 1.807) is 24.6 Å². The Hall–Kier alpha value is -4.21. The first-order valence-electron chi connectivity index (χ1n) is 9.67. The molecule has 0 fully saturated rings. The molecule has 33 heavy (non-hydrogen) atoms. The SMILES string of the molecule is O=C(NCCc1ccccn1)c1cc(-c2ccco2)nc2ccccc12.O=C(O)C(F)(F)F. The fourth-order valence-corrected chi connectivity index (χ4v) is 2.86. The summed E-state index contributed by atoms with van der Waals surface area (Å²) in [5.41, 5.74) is 2.94. The van der Waals surface area contributed by atoms with Crippen molar-refractivity contribution in [3.63, 3.8) is 0 Å². The highest BCUT2D eigenvalue weighted by atomic mass is 19.4. The van der Waals surface area contributed by atoms with Gasteiger partial charge in [-0.3, -0.25) is 9.78 Å². The third-order valence-electron chi connectivity index (χ3n) is 4.37. The number of carbonyl (C=O) groups excluding carboxylic acids is 1. The molecule has 2 N–H and O–H groups in total. The van der Waals surface area contributed by atoms with Crippen molar-refractivity contribution >= 4 is 22.8 Å². The fraction of sp³-hybridized carbons (Fsp3) is 0.130. The van der Waals surface area contributed by atoms with E-state index in [4.69, 9.17) is 14.3 Å². The molecule has 3 heterocycles. The number of aliphatic carboxylic acids is 1. The lowest BCUT2D eigenvalue weighted by Crippen LogP contribution is -2.26. The van der Waals surface area contributed by atoms with Crippen LogP contribution in [0.25, 0.3) is 22.4 Å². The Morgan fingerprint density at radius 1 is 1.03 bits per heavy atom. The highest BCUT2D eigenvalue weighted by molar-refractivity contribution is 6.07. The maximum Gasteiger partial charge on any atom is 0.490 e. The molecule has 0 saturated carbocycles. The number of carboxylic acids is 1. The van der Waals surface area contributed by atoms with Crippen LogP contribution in [0, 0.1) is 0 Å². The summed E-state index contributed by atoms with van der Waals surface area (Å²) in [6.45, 7) is 0.516. The summed E-state index contributed by atoms with van der Waals surface area (Å²) in [6.07, 6.45) is -1.05. The number of rotatable bonds is 5. The number of carbonyl (C=O) groups is 2. The van der Waals surface area contributed by atoms with E-state index >= 15 is 0 Å². The molecule has 0 aliphatic heterocycles. The number of nitrogens with zero attached hydrogens (tertiary/aromatic N) is 2. The molecule has 0 radical (unpaired) electrons. The van der Waals surface area contributed by atoms with Gasteiger partial charge in [-0.15, -0.1) is 0 Å². The molecule has 0 bridgehead atoms. The second kappa shape index (κ2) is 10.4. The minimum absolute atomic E-state index is 0.132. The molecule has 0 aliphatic carbocycles. The van der Waals surface area contributed by atoms with Crippen LogP contribution in [0.1, 0.15) is 16.1 Å². The Labute approximate surface area is 185 Å². The van der Waals surface area contributed by atoms with Crippen molar-refractivity contribution in [2.75, 3.05) is 6.54 Å². The highest BCUT2D eigenvalue weighted by Gasteiger charge is 2.38. The van der Waals surface area contributed by atoms with Crippen LogP contribution in [0.4, 0.5) is 13.2 Å². The third-order valence-corrected chi connectivity index (χ3v) is 4.37. The maximum atomic E-state index is 12.8. The molecule has 170 valence electrons. The number of amides is 1. The summed E-state index contributed by atoms with van der Waals surface area (Å²) in [5, 5.41) is 10.9. The van der Waals surface area contributed by atoms with E-state index in [2.05, 4.69) is 15.3 Å². The van der Waals surface area contributed by atoms with Crippen LogP contribution >= 0.6 is 0 Å². The first-order chi connectivity index (χ1) is 15.8. The molecular formula is C23H18F3N3O4. The van der Waals surface area contributed by atoms with Crippen LogP contribution in [0.2, 0.25) is 0 Å². The summed E-state index contributed by atoms with van der Waals surface area (Å²) in [4.78, 5) is 30.6. The number of fused-ring (bicyclic) bond motifs is 1. The summed E-state index contributed by atoms with van der Waals surface area (Å²) in [7, 11) is 0. The highest BCUT2D eigenvalue weighted by Crippen LogP contribution is 2.25. The Bertz CT molecular complexity index is 1230. The number of furan rings is 1. The summed E-state index contributed by atoms with van der Waals surface area (Å²) < 4.78 is 37.2. The molecule has 0 aliphatic rings. The number of hydrogen-bond acceptors (Lipinski definition) is 5. The number of aromatic nitrogens is 2. The van der Waals surface area contributed by atoms with Crippen LogP contribution in [-0.2, 0) is 11.2 Å². The third kappa shape index (κ3) is 6.39. The van der Waals surface area contributed by atoms with Gasteiger partial charge in [-0.05, 0) is 36.4 Å². The number of carboxylic acid groups (broad SMARTS) is 1. The minimum Gasteiger partial charge on any atom is -0.475 e. The Morgan fingerprint density at radius 2 is 1.76 bits per heavy atom. The van der Waals surface area contributed by atoms with Gasteiger partial charge < -0.3 is 14.8 Å². The summed E-state index contributed by atoms with van der Waals surface area (Å²) in [5.74, 6) is -2.25. The minimum atomic E-state index is -5.08. The van der Waals surface area contributed by atoms with Crippen LogP contribution < -0.4 is 5.32 Å². The van der Waals surface area contributed by atoms with Crippen LogP contribution in [-0.4, -0.2) is 39.7 Å². The topological polar surface area (TPSA) is 105 Å². The molecule has 3 aromatic heterocycles. The Morgan fingerprint density at radius 3 is 2.39 bits per heavy atom. The van der Waals surface area contributed by atoms with Crippen LogP contribution in [0.5, 0.6) is 0 Å². The lowest BCUT2D eigenvalue weighted by Gasteiger charge is -2.09. The summed E-state index contributed by atoms with van der Waals surface area (Å²) >= 11 is 0. The number of pyridine rings is 2. The van der Waals surface area contributed by atoms with Gasteiger partial charge in [0.2, 0.25) is 0 Å². The van der Waals surface area contributed by atoms with Crippen molar-refractivity contribution in [3.05, 3.63) is 84.4 Å². The van der Waals surface area contributed by atoms with Gasteiger partial charge in [-0.1, -0.05) is 24.3 Å². The largest absolute Gasteiger partial charge is 0.490 e. The molecule has 0 spiro atoms. The van der Waals surface area contributed by atoms with E-state index < -0.39 is 12.1 Å². The zero-order valence-corrected chi connectivity index (χ0v) is 17.0. The average molecular weight is 457 g/mol. The molecule has 4 rings (SSSR count). The van der Waals surface area contributed by atoms with E-state index in [0.29, 0.717) is 30.0 Å². The van der Waals surface area contributed by atoms with Crippen molar-refractivity contribution in [2.45, 2.75) is 12.6 Å². The summed E-state index contributed by atoms with van der Waals surface area (Å²) in [6, 6.07) is 18.8. The first-order valence-corrected chi connectivity index (χ1v) is 9.67. The maximum absolute atomic E-state index is 12.8. The predicted octanol–water partition coefficient (Wildman–Crippen LogP) is 4.50. The first kappa shape index (κ1) is 23.5. The van der Waals surface area contributed by atoms with Gasteiger partial charge in [0.15, 0.2) is 5.76 Å². The Kier molecular flexibility index (Phi) is 7.39. The molecular weight excluding hydrogens is 439 g/mol. The molecule has 1 aromatic carbocycles. The van der Waals surface area contributed by atoms with Gasteiger partial charge >= 0.3 is 12.1 Å². The molecule has 4 aromatic rings. The zero-order chi connectivity index (χ0) is 23.8. The van der Waals surface area contributed by atoms with Crippen molar-refractivity contribution in [1.82, 2.24) is 15.3 Å². The van der Waals surface area contributed by atoms with Gasteiger partial charge in [0.05, 0.1) is 17.3 Å². The van der Waals surface area contributed by atoms with Crippen LogP contribution in [0.3, 0.4) is 0 Å². The van der Waals surface area contributed by atoms with Crippen molar-refractivity contribution in [3.8, 4) is 11.5 Å². The zero-order valence-electron chi connectivity index (χ0n) is 17.0. The standard InChI is InChI=1S/C21H17N3O2.C2HF3O2/c25-21(23-12-10-15-6-3-4-11-22-15)17-14-19(20-9-5-13-26-20)24-18-8-2-1-7-16(17)18;3-2(4,5)1(6)7/h1-9,11,13-14H,10,12H2,(H,23,25);(H,6,7). The molecule has 1 amide bonds. The second-order valence-corrected chi connectivity index (χ2v) is 6.68. The number of para-hydroxylation sites is 1. The molecule has 7 nitrogen and oxygen atoms in total. The van der Waals surface area contributed by atoms with Gasteiger partial charge in [0.1, 0.15) is 5.69 Å². The fourth-order valence-electron chi connectivity index (χ4n) is 2.86. The van der Waals surface area contributed by atoms with E-state index in [-0.39, 0.29) is 5.91 Å².